The van der Waals surface area contributed by atoms with Crippen molar-refractivity contribution in [3.05, 3.63) is 11.6 Å². The molecular weight excluding hydrogens is 178 g/mol. The molecule has 0 spiro atoms. The number of hydrogen-bond acceptors (Lipinski definition) is 3. The van der Waals surface area contributed by atoms with Crippen LogP contribution in [0.25, 0.3) is 0 Å². The Labute approximate surface area is 76.5 Å². The quantitative estimate of drug-likeness (QED) is 0.607. The molecule has 0 aromatic heterocycles. The molecule has 0 aromatic rings. The summed E-state index contributed by atoms with van der Waals surface area (Å²) in [5.74, 6) is -0.222. The maximum absolute atomic E-state index is 10.8. The minimum atomic E-state index is -0.222. The third kappa shape index (κ3) is 1.70. The van der Waals surface area contributed by atoms with Gasteiger partial charge in [-0.2, -0.15) is 5.11 Å². The van der Waals surface area contributed by atoms with E-state index in [1.165, 1.54) is 0 Å². The topological polar surface area (TPSA) is 53.8 Å². The fourth-order valence-electron chi connectivity index (χ4n) is 1.37. The molecule has 2 aliphatic rings. The molecule has 0 aromatic carbocycles. The van der Waals surface area contributed by atoms with Gasteiger partial charge in [0.2, 0.25) is 0 Å². The highest BCUT2D eigenvalue weighted by molar-refractivity contribution is 5.89. The predicted molar refractivity (Wildman–Crippen MR) is 46.5 cm³/mol. The summed E-state index contributed by atoms with van der Waals surface area (Å²) in [5.41, 5.74) is 1.08. The van der Waals surface area contributed by atoms with E-state index in [-0.39, 0.29) is 24.4 Å². The fraction of sp³-hybridized carbons (Fsp3) is 0.571. The molecule has 5 heteroatoms. The van der Waals surface area contributed by atoms with E-state index in [0.717, 1.165) is 25.1 Å². The van der Waals surface area contributed by atoms with Crippen molar-refractivity contribution in [2.24, 2.45) is 10.2 Å². The molecule has 0 aliphatic carbocycles. The molecular formula is C7H10ClN3O. The minimum absolute atomic E-state index is 0. The molecule has 0 saturated carbocycles. The highest BCUT2D eigenvalue weighted by Crippen LogP contribution is 2.17. The minimum Gasteiger partial charge on any atom is -0.313 e. The molecule has 1 saturated heterocycles. The standard InChI is InChI=1S/C7H9N3O.ClH/c11-7-3-5-4-8-2-1-6(5)9-10-7;/h3,6,8H,1-2,4H2;1H. The van der Waals surface area contributed by atoms with Gasteiger partial charge >= 0.3 is 0 Å². The van der Waals surface area contributed by atoms with Gasteiger partial charge < -0.3 is 5.32 Å². The first-order valence-electron chi connectivity index (χ1n) is 3.72. The first kappa shape index (κ1) is 9.35. The van der Waals surface area contributed by atoms with E-state index in [0.29, 0.717) is 0 Å². The summed E-state index contributed by atoms with van der Waals surface area (Å²) >= 11 is 0. The number of rotatable bonds is 0. The molecule has 2 rings (SSSR count). The molecule has 1 atom stereocenters. The van der Waals surface area contributed by atoms with Gasteiger partial charge in [0.25, 0.3) is 5.91 Å². The average molecular weight is 188 g/mol. The second kappa shape index (κ2) is 3.78. The number of carbonyl (C=O) groups excluding carboxylic acids is 1. The van der Waals surface area contributed by atoms with Gasteiger partial charge in [0, 0.05) is 12.6 Å². The summed E-state index contributed by atoms with van der Waals surface area (Å²) in [5, 5.41) is 10.6. The van der Waals surface area contributed by atoms with Crippen LogP contribution in [-0.4, -0.2) is 25.0 Å². The van der Waals surface area contributed by atoms with Crippen molar-refractivity contribution in [2.75, 3.05) is 13.1 Å². The smallest absolute Gasteiger partial charge is 0.287 e. The number of piperidine rings is 1. The molecule has 0 radical (unpaired) electrons. The molecule has 2 heterocycles. The fourth-order valence-corrected chi connectivity index (χ4v) is 1.37. The summed E-state index contributed by atoms with van der Waals surface area (Å²) in [4.78, 5) is 10.8. The Morgan fingerprint density at radius 3 is 3.25 bits per heavy atom. The van der Waals surface area contributed by atoms with E-state index in [1.807, 2.05) is 0 Å². The Balaban J connectivity index is 0.000000720. The van der Waals surface area contributed by atoms with E-state index in [4.69, 9.17) is 0 Å². The third-order valence-corrected chi connectivity index (χ3v) is 1.96. The number of nitrogens with zero attached hydrogens (tertiary/aromatic N) is 2. The van der Waals surface area contributed by atoms with Gasteiger partial charge in [-0.05, 0) is 18.5 Å². The van der Waals surface area contributed by atoms with E-state index >= 15 is 0 Å². The van der Waals surface area contributed by atoms with Gasteiger partial charge in [-0.25, -0.2) is 0 Å². The van der Waals surface area contributed by atoms with Crippen molar-refractivity contribution in [1.82, 2.24) is 5.32 Å². The van der Waals surface area contributed by atoms with Crippen LogP contribution >= 0.6 is 12.4 Å². The van der Waals surface area contributed by atoms with Gasteiger partial charge in [0.05, 0.1) is 6.04 Å². The highest BCUT2D eigenvalue weighted by Gasteiger charge is 2.21. The number of nitrogens with one attached hydrogen (secondary N) is 1. The SMILES string of the molecule is Cl.O=C1C=C2CNCCC2N=N1. The lowest BCUT2D eigenvalue weighted by Gasteiger charge is -2.23. The Morgan fingerprint density at radius 2 is 2.42 bits per heavy atom. The zero-order chi connectivity index (χ0) is 7.68. The van der Waals surface area contributed by atoms with Gasteiger partial charge in [0.15, 0.2) is 0 Å². The lowest BCUT2D eigenvalue weighted by Crippen LogP contribution is -2.34. The molecule has 2 aliphatic heterocycles. The number of carbonyl (C=O) groups is 1. The third-order valence-electron chi connectivity index (χ3n) is 1.96. The van der Waals surface area contributed by atoms with E-state index < -0.39 is 0 Å². The first-order valence-corrected chi connectivity index (χ1v) is 3.72. The van der Waals surface area contributed by atoms with Crippen LogP contribution in [0.15, 0.2) is 21.9 Å². The van der Waals surface area contributed by atoms with Crippen LogP contribution < -0.4 is 5.32 Å². The number of fused-ring (bicyclic) bond motifs is 1. The monoisotopic (exact) mass is 187 g/mol. The Morgan fingerprint density at radius 1 is 1.58 bits per heavy atom. The van der Waals surface area contributed by atoms with Crippen molar-refractivity contribution in [3.63, 3.8) is 0 Å². The molecule has 1 unspecified atom stereocenters. The van der Waals surface area contributed by atoms with Crippen LogP contribution in [0.2, 0.25) is 0 Å². The van der Waals surface area contributed by atoms with Crippen molar-refractivity contribution < 1.29 is 4.79 Å². The number of hydrogen-bond donors (Lipinski definition) is 1. The van der Waals surface area contributed by atoms with Crippen LogP contribution in [0.3, 0.4) is 0 Å². The van der Waals surface area contributed by atoms with Crippen molar-refractivity contribution >= 4 is 18.3 Å². The van der Waals surface area contributed by atoms with E-state index in [1.54, 1.807) is 6.08 Å². The number of amides is 1. The zero-order valence-corrected chi connectivity index (χ0v) is 7.30. The van der Waals surface area contributed by atoms with Gasteiger partial charge in [0.1, 0.15) is 0 Å². The molecule has 0 bridgehead atoms. The predicted octanol–water partition coefficient (Wildman–Crippen LogP) is 0.689. The summed E-state index contributed by atoms with van der Waals surface area (Å²) in [7, 11) is 0. The number of azo groups is 1. The Hall–Kier alpha value is -0.740. The molecule has 1 fully saturated rings. The van der Waals surface area contributed by atoms with Crippen molar-refractivity contribution in [3.8, 4) is 0 Å². The summed E-state index contributed by atoms with van der Waals surface area (Å²) in [6, 6.07) is 0.175. The molecule has 4 nitrogen and oxygen atoms in total. The normalized spacial score (nSPS) is 27.2. The highest BCUT2D eigenvalue weighted by atomic mass is 35.5. The molecule has 12 heavy (non-hydrogen) atoms. The molecule has 1 N–H and O–H groups in total. The van der Waals surface area contributed by atoms with Gasteiger partial charge in [-0.15, -0.1) is 17.5 Å². The molecule has 1 amide bonds. The lowest BCUT2D eigenvalue weighted by atomic mass is 10.00. The Kier molecular flexibility index (Phi) is 2.94. The summed E-state index contributed by atoms with van der Waals surface area (Å²) in [6.07, 6.45) is 2.55. The van der Waals surface area contributed by atoms with Crippen LogP contribution in [0.4, 0.5) is 0 Å². The van der Waals surface area contributed by atoms with Crippen molar-refractivity contribution in [2.45, 2.75) is 12.5 Å². The largest absolute Gasteiger partial charge is 0.313 e. The van der Waals surface area contributed by atoms with Crippen molar-refractivity contribution in [1.29, 1.82) is 0 Å². The lowest BCUT2D eigenvalue weighted by molar-refractivity contribution is -0.114. The van der Waals surface area contributed by atoms with Crippen LogP contribution in [-0.2, 0) is 4.79 Å². The number of halogens is 1. The summed E-state index contributed by atoms with van der Waals surface area (Å²) in [6.45, 7) is 1.75. The zero-order valence-electron chi connectivity index (χ0n) is 6.49. The van der Waals surface area contributed by atoms with Crippen LogP contribution in [0.1, 0.15) is 6.42 Å². The second-order valence-electron chi connectivity index (χ2n) is 2.75. The Bertz CT molecular complexity index is 249. The summed E-state index contributed by atoms with van der Waals surface area (Å²) < 4.78 is 0. The van der Waals surface area contributed by atoms with Gasteiger partial charge in [-0.3, -0.25) is 4.79 Å². The first-order chi connectivity index (χ1) is 5.36. The van der Waals surface area contributed by atoms with E-state index in [9.17, 15) is 4.79 Å². The van der Waals surface area contributed by atoms with Crippen LogP contribution in [0.5, 0.6) is 0 Å². The van der Waals surface area contributed by atoms with Gasteiger partial charge in [-0.1, -0.05) is 0 Å². The second-order valence-corrected chi connectivity index (χ2v) is 2.75. The molecule has 66 valence electrons. The van der Waals surface area contributed by atoms with Crippen LogP contribution in [0, 0.1) is 0 Å². The maximum Gasteiger partial charge on any atom is 0.287 e. The average Bonchev–Trinajstić information content (AvgIpc) is 2.04. The maximum atomic E-state index is 10.8. The van der Waals surface area contributed by atoms with E-state index in [2.05, 4.69) is 15.5 Å².